The standard InChI is InChI=1S/C53H58N10O7S/c1-29-23-33(16-19-60(29)34-9-11-39-40(25-34)52(68)63(51(39)67)42-12-14-45(65)58-49(42)66)59-21-22-61(30(2)28-59)35-10-13-44(55-27-35)57-41-24-32(26-56-50(41)70-4)36-15-18-54-48(46(36)31(3)64)62-20-17-38-37-7-5-6-8-43(37)71-47(38)53(62)69/h9-11,13,15,18,24-27,29-31,33,42,64H,5-8,12,14,16-17,19-23,28H2,1-4H3,(H,55,57)(H,58,65,66)/t29-,30-,31?,33?,42?/m0/s1. The highest BCUT2D eigenvalue weighted by Gasteiger charge is 2.45. The van der Waals surface area contributed by atoms with Gasteiger partial charge in [-0.2, -0.15) is 0 Å². The lowest BCUT2D eigenvalue weighted by atomic mass is 9.91. The molecule has 1 aromatic carbocycles. The number of hydrogen-bond donors (Lipinski definition) is 3. The minimum Gasteiger partial charge on any atom is -0.480 e. The SMILES string of the molecule is COc1ncc(-c2ccnc(N3CCc4c(sc5c4CCCC5)C3=O)c2C(C)O)cc1Nc1ccc(N2CCN(C3CCN(c4ccc5c(c4)C(=O)N(C4CCC(=O)NC4=O)C5=O)[C@@H](C)C3)C[C@@H]2C)cn1. The number of benzene rings is 1. The first-order chi connectivity index (χ1) is 34.4. The summed E-state index contributed by atoms with van der Waals surface area (Å²) < 4.78 is 5.69. The van der Waals surface area contributed by atoms with Crippen LogP contribution in [0.3, 0.4) is 0 Å². The number of pyridine rings is 3. The van der Waals surface area contributed by atoms with Crippen LogP contribution in [0.4, 0.5) is 28.7 Å². The van der Waals surface area contributed by atoms with Gasteiger partial charge in [-0.15, -0.1) is 11.3 Å². The van der Waals surface area contributed by atoms with Crippen molar-refractivity contribution in [3.63, 3.8) is 0 Å². The van der Waals surface area contributed by atoms with Crippen molar-refractivity contribution in [1.82, 2.24) is 30.1 Å². The monoisotopic (exact) mass is 978 g/mol. The number of aromatic nitrogens is 3. The predicted molar refractivity (Wildman–Crippen MR) is 270 cm³/mol. The maximum absolute atomic E-state index is 14.1. The van der Waals surface area contributed by atoms with Gasteiger partial charge in [-0.1, -0.05) is 0 Å². The Balaban J connectivity index is 0.732. The van der Waals surface area contributed by atoms with E-state index >= 15 is 0 Å². The summed E-state index contributed by atoms with van der Waals surface area (Å²) in [5.41, 5.74) is 7.68. The second-order valence-corrected chi connectivity index (χ2v) is 20.8. The van der Waals surface area contributed by atoms with Gasteiger partial charge in [-0.3, -0.25) is 44.0 Å². The van der Waals surface area contributed by atoms with E-state index in [1.807, 2.05) is 30.5 Å². The van der Waals surface area contributed by atoms with Crippen LogP contribution >= 0.6 is 11.3 Å². The first-order valence-corrected chi connectivity index (χ1v) is 25.7. The molecular weight excluding hydrogens is 921 g/mol. The smallest absolute Gasteiger partial charge is 0.269 e. The van der Waals surface area contributed by atoms with Gasteiger partial charge in [0.15, 0.2) is 0 Å². The van der Waals surface area contributed by atoms with Gasteiger partial charge in [0.25, 0.3) is 17.7 Å². The summed E-state index contributed by atoms with van der Waals surface area (Å²) >= 11 is 1.63. The van der Waals surface area contributed by atoms with Gasteiger partial charge in [-0.25, -0.2) is 15.0 Å². The molecule has 6 aliphatic rings. The third kappa shape index (κ3) is 8.38. The van der Waals surface area contributed by atoms with Crippen molar-refractivity contribution >= 4 is 69.6 Å². The minimum absolute atomic E-state index is 0.0519. The molecule has 9 heterocycles. The number of piperidine rings is 2. The number of carbonyl (C=O) groups excluding carboxylic acids is 5. The van der Waals surface area contributed by atoms with Crippen molar-refractivity contribution in [3.8, 4) is 17.0 Å². The number of hydrogen-bond acceptors (Lipinski definition) is 15. The summed E-state index contributed by atoms with van der Waals surface area (Å²) in [4.78, 5) is 91.6. The van der Waals surface area contributed by atoms with E-state index < -0.39 is 35.8 Å². The lowest BCUT2D eigenvalue weighted by Crippen LogP contribution is -2.58. The Labute approximate surface area is 416 Å². The second-order valence-electron chi connectivity index (χ2n) is 19.7. The largest absolute Gasteiger partial charge is 0.480 e. The second kappa shape index (κ2) is 18.8. The number of ether oxygens (including phenoxy) is 1. The molecule has 3 saturated heterocycles. The van der Waals surface area contributed by atoms with Gasteiger partial charge < -0.3 is 25.0 Å². The van der Waals surface area contributed by atoms with Gasteiger partial charge >= 0.3 is 0 Å². The van der Waals surface area contributed by atoms with Crippen molar-refractivity contribution in [1.29, 1.82) is 0 Å². The lowest BCUT2D eigenvalue weighted by molar-refractivity contribution is -0.136. The summed E-state index contributed by atoms with van der Waals surface area (Å²) in [5, 5.41) is 17.0. The van der Waals surface area contributed by atoms with Crippen molar-refractivity contribution in [2.24, 2.45) is 0 Å². The molecule has 5 atom stereocenters. The van der Waals surface area contributed by atoms with Crippen LogP contribution in [0.25, 0.3) is 11.1 Å². The fourth-order valence-corrected chi connectivity index (χ4v) is 13.3. The Morgan fingerprint density at radius 3 is 2.35 bits per heavy atom. The molecule has 5 aliphatic heterocycles. The molecule has 1 aliphatic carbocycles. The molecule has 0 saturated carbocycles. The Kier molecular flexibility index (Phi) is 12.3. The van der Waals surface area contributed by atoms with Crippen LogP contribution in [0.1, 0.15) is 117 Å². The molecule has 4 aromatic heterocycles. The molecule has 5 amide bonds. The first-order valence-electron chi connectivity index (χ1n) is 24.9. The molecule has 11 rings (SSSR count). The van der Waals surface area contributed by atoms with E-state index in [0.717, 1.165) is 103 Å². The highest BCUT2D eigenvalue weighted by molar-refractivity contribution is 7.14. The topological polar surface area (TPSA) is 194 Å². The molecule has 3 N–H and O–H groups in total. The zero-order valence-electron chi connectivity index (χ0n) is 40.4. The number of fused-ring (bicyclic) bond motifs is 4. The molecule has 17 nitrogen and oxygen atoms in total. The van der Waals surface area contributed by atoms with E-state index in [-0.39, 0.29) is 36.4 Å². The van der Waals surface area contributed by atoms with Gasteiger partial charge in [0, 0.05) is 91.4 Å². The number of nitrogens with one attached hydrogen (secondary N) is 2. The fourth-order valence-electron chi connectivity index (χ4n) is 11.9. The number of aryl methyl sites for hydroxylation is 1. The Morgan fingerprint density at radius 2 is 1.59 bits per heavy atom. The molecule has 5 aromatic rings. The summed E-state index contributed by atoms with van der Waals surface area (Å²) in [7, 11) is 1.57. The lowest BCUT2D eigenvalue weighted by Gasteiger charge is -2.48. The van der Waals surface area contributed by atoms with Crippen LogP contribution in [0.5, 0.6) is 5.88 Å². The first kappa shape index (κ1) is 46.6. The molecule has 3 fully saturated rings. The van der Waals surface area contributed by atoms with Gasteiger partial charge in [0.1, 0.15) is 23.4 Å². The van der Waals surface area contributed by atoms with Crippen LogP contribution < -0.4 is 30.1 Å². The van der Waals surface area contributed by atoms with E-state index in [0.29, 0.717) is 46.9 Å². The molecule has 18 heteroatoms. The van der Waals surface area contributed by atoms with Crippen LogP contribution in [-0.4, -0.2) is 123 Å². The maximum atomic E-state index is 14.1. The van der Waals surface area contributed by atoms with E-state index in [1.54, 1.807) is 54.8 Å². The number of methoxy groups -OCH3 is 1. The number of imide groups is 2. The van der Waals surface area contributed by atoms with Gasteiger partial charge in [0.05, 0.1) is 41.1 Å². The third-order valence-corrected chi connectivity index (χ3v) is 16.7. The van der Waals surface area contributed by atoms with Crippen LogP contribution in [0, 0.1) is 0 Å². The predicted octanol–water partition coefficient (Wildman–Crippen LogP) is 6.46. The van der Waals surface area contributed by atoms with E-state index in [1.165, 1.54) is 16.0 Å². The van der Waals surface area contributed by atoms with Crippen LogP contribution in [0.2, 0.25) is 0 Å². The van der Waals surface area contributed by atoms with Crippen molar-refractivity contribution in [3.05, 3.63) is 98.6 Å². The van der Waals surface area contributed by atoms with E-state index in [2.05, 4.69) is 50.2 Å². The Hall–Kier alpha value is -6.76. The summed E-state index contributed by atoms with van der Waals surface area (Å²) in [6.45, 7) is 10.1. The number of amides is 5. The van der Waals surface area contributed by atoms with Crippen molar-refractivity contribution in [2.45, 2.75) is 109 Å². The maximum Gasteiger partial charge on any atom is 0.269 e. The zero-order valence-corrected chi connectivity index (χ0v) is 41.3. The Bertz CT molecular complexity index is 2980. The molecule has 368 valence electrons. The van der Waals surface area contributed by atoms with Crippen LogP contribution in [-0.2, 0) is 28.9 Å². The zero-order chi connectivity index (χ0) is 49.2. The summed E-state index contributed by atoms with van der Waals surface area (Å²) in [6, 6.07) is 13.0. The number of nitrogens with zero attached hydrogens (tertiary/aromatic N) is 8. The van der Waals surface area contributed by atoms with Gasteiger partial charge in [-0.05, 0) is 131 Å². The summed E-state index contributed by atoms with van der Waals surface area (Å²) in [5.74, 6) is -0.593. The summed E-state index contributed by atoms with van der Waals surface area (Å²) in [6.07, 6.45) is 11.6. The number of thiophene rings is 1. The number of piperazine rings is 1. The number of aliphatic hydroxyl groups is 1. The number of rotatable bonds is 10. The van der Waals surface area contributed by atoms with E-state index in [9.17, 15) is 29.1 Å². The quantitative estimate of drug-likeness (QED) is 0.129. The third-order valence-electron chi connectivity index (χ3n) is 15.4. The highest BCUT2D eigenvalue weighted by atomic mass is 32.1. The van der Waals surface area contributed by atoms with Crippen molar-refractivity contribution in [2.75, 3.05) is 59.9 Å². The average Bonchev–Trinajstić information content (AvgIpc) is 3.87. The molecule has 0 spiro atoms. The number of carbonyl (C=O) groups is 5. The molecule has 71 heavy (non-hydrogen) atoms. The molecule has 0 bridgehead atoms. The molecule has 0 radical (unpaired) electrons. The number of aliphatic hydroxyl groups excluding tert-OH is 1. The van der Waals surface area contributed by atoms with E-state index in [4.69, 9.17) is 14.7 Å². The highest BCUT2D eigenvalue weighted by Crippen LogP contribution is 2.42. The van der Waals surface area contributed by atoms with Crippen molar-refractivity contribution < 1.29 is 33.8 Å². The normalized spacial score (nSPS) is 23.1. The van der Waals surface area contributed by atoms with Crippen LogP contribution in [0.15, 0.2) is 61.1 Å². The molecule has 3 unspecified atom stereocenters. The fraction of sp³-hybridized carbons (Fsp3) is 0.434. The Morgan fingerprint density at radius 1 is 0.789 bits per heavy atom. The average molecular weight is 979 g/mol. The molecular formula is C53H58N10O7S. The number of anilines is 5. The van der Waals surface area contributed by atoms with Gasteiger partial charge in [0.2, 0.25) is 17.7 Å². The minimum atomic E-state index is -0.992.